The molecule has 0 fully saturated rings. The van der Waals surface area contributed by atoms with Gasteiger partial charge >= 0.3 is 0 Å². The first-order valence-corrected chi connectivity index (χ1v) is 5.32. The minimum absolute atomic E-state index is 0.509. The summed E-state index contributed by atoms with van der Waals surface area (Å²) < 4.78 is 23.9. The molecule has 0 rings (SSSR count). The van der Waals surface area contributed by atoms with Gasteiger partial charge in [-0.25, -0.2) is 8.42 Å². The first kappa shape index (κ1) is 11.0. The van der Waals surface area contributed by atoms with Crippen LogP contribution < -0.4 is 4.72 Å². The van der Waals surface area contributed by atoms with Gasteiger partial charge in [0, 0.05) is 5.70 Å². The summed E-state index contributed by atoms with van der Waals surface area (Å²) in [6.07, 6.45) is 7.61. The molecule has 0 bridgehead atoms. The van der Waals surface area contributed by atoms with Crippen LogP contribution in [0.5, 0.6) is 0 Å². The number of allylic oxidation sites excluding steroid dienone is 4. The number of hydrogen-bond acceptors (Lipinski definition) is 2. The van der Waals surface area contributed by atoms with Gasteiger partial charge in [-0.2, -0.15) is 0 Å². The van der Waals surface area contributed by atoms with Crippen LogP contribution in [0, 0.1) is 0 Å². The number of hydrogen-bond donors (Lipinski definition) is 1. The molecule has 0 atom stereocenters. The average Bonchev–Trinajstić information content (AvgIpc) is 1.84. The molecule has 68 valence electrons. The van der Waals surface area contributed by atoms with E-state index in [1.165, 1.54) is 6.08 Å². The maximum absolute atomic E-state index is 10.8. The zero-order chi connectivity index (χ0) is 9.61. The quantitative estimate of drug-likeness (QED) is 0.672. The molecular formula is C8H13NO2S. The van der Waals surface area contributed by atoms with E-state index in [1.54, 1.807) is 25.2 Å². The summed E-state index contributed by atoms with van der Waals surface area (Å²) in [5, 5.41) is 0. The normalized spacial score (nSPS) is 13.3. The van der Waals surface area contributed by atoms with Crippen molar-refractivity contribution in [2.75, 3.05) is 6.26 Å². The van der Waals surface area contributed by atoms with E-state index in [-0.39, 0.29) is 0 Å². The molecule has 0 heterocycles. The molecule has 0 spiro atoms. The Labute approximate surface area is 73.5 Å². The van der Waals surface area contributed by atoms with Crippen LogP contribution in [0.3, 0.4) is 0 Å². The van der Waals surface area contributed by atoms with Gasteiger partial charge in [0.15, 0.2) is 0 Å². The monoisotopic (exact) mass is 187 g/mol. The molecule has 3 nitrogen and oxygen atoms in total. The van der Waals surface area contributed by atoms with Crippen LogP contribution in [0.2, 0.25) is 0 Å². The van der Waals surface area contributed by atoms with Gasteiger partial charge in [0.2, 0.25) is 10.0 Å². The van der Waals surface area contributed by atoms with Crippen LogP contribution in [0.4, 0.5) is 0 Å². The van der Waals surface area contributed by atoms with Crippen molar-refractivity contribution in [2.24, 2.45) is 0 Å². The second-order valence-electron chi connectivity index (χ2n) is 2.23. The lowest BCUT2D eigenvalue weighted by atomic mass is 10.4. The lowest BCUT2D eigenvalue weighted by molar-refractivity contribution is 0.595. The van der Waals surface area contributed by atoms with Gasteiger partial charge in [0.05, 0.1) is 6.26 Å². The lowest BCUT2D eigenvalue weighted by Crippen LogP contribution is -2.20. The number of rotatable bonds is 4. The SMILES string of the molecule is C=C/C=C(\C=C/C)NS(C)(=O)=O. The van der Waals surface area contributed by atoms with E-state index in [0.717, 1.165) is 6.26 Å². The minimum atomic E-state index is -3.19. The van der Waals surface area contributed by atoms with Crippen LogP contribution in [-0.2, 0) is 10.0 Å². The third kappa shape index (κ3) is 5.73. The fraction of sp³-hybridized carbons (Fsp3) is 0.250. The van der Waals surface area contributed by atoms with E-state index >= 15 is 0 Å². The molecule has 0 amide bonds. The fourth-order valence-electron chi connectivity index (χ4n) is 0.644. The second-order valence-corrected chi connectivity index (χ2v) is 3.98. The third-order valence-electron chi connectivity index (χ3n) is 0.947. The highest BCUT2D eigenvalue weighted by atomic mass is 32.2. The zero-order valence-electron chi connectivity index (χ0n) is 7.24. The highest BCUT2D eigenvalue weighted by molar-refractivity contribution is 7.88. The Balaban J connectivity index is 4.57. The Morgan fingerprint density at radius 3 is 2.42 bits per heavy atom. The van der Waals surface area contributed by atoms with Crippen molar-refractivity contribution in [1.29, 1.82) is 0 Å². The molecule has 0 aromatic heterocycles. The van der Waals surface area contributed by atoms with Gasteiger partial charge < -0.3 is 0 Å². The van der Waals surface area contributed by atoms with Crippen molar-refractivity contribution in [2.45, 2.75) is 6.92 Å². The molecule has 0 aliphatic rings. The highest BCUT2D eigenvalue weighted by Crippen LogP contribution is 1.94. The van der Waals surface area contributed by atoms with E-state index in [1.807, 2.05) is 0 Å². The van der Waals surface area contributed by atoms with Crippen LogP contribution >= 0.6 is 0 Å². The summed E-state index contributed by atoms with van der Waals surface area (Å²) in [5.41, 5.74) is 0.509. The molecule has 0 aromatic carbocycles. The fourth-order valence-corrected chi connectivity index (χ4v) is 1.21. The van der Waals surface area contributed by atoms with Crippen LogP contribution in [-0.4, -0.2) is 14.7 Å². The van der Waals surface area contributed by atoms with Crippen LogP contribution in [0.1, 0.15) is 6.92 Å². The van der Waals surface area contributed by atoms with Crippen molar-refractivity contribution in [1.82, 2.24) is 4.72 Å². The topological polar surface area (TPSA) is 46.2 Å². The van der Waals surface area contributed by atoms with Gasteiger partial charge in [-0.15, -0.1) is 0 Å². The van der Waals surface area contributed by atoms with Crippen molar-refractivity contribution in [3.8, 4) is 0 Å². The number of sulfonamides is 1. The molecule has 0 unspecified atom stereocenters. The first-order valence-electron chi connectivity index (χ1n) is 3.43. The molecule has 1 N–H and O–H groups in total. The molecule has 0 aromatic rings. The molecule has 12 heavy (non-hydrogen) atoms. The van der Waals surface area contributed by atoms with E-state index in [2.05, 4.69) is 11.3 Å². The highest BCUT2D eigenvalue weighted by Gasteiger charge is 1.99. The minimum Gasteiger partial charge on any atom is -0.284 e. The lowest BCUT2D eigenvalue weighted by Gasteiger charge is -2.02. The van der Waals surface area contributed by atoms with Crippen molar-refractivity contribution in [3.63, 3.8) is 0 Å². The van der Waals surface area contributed by atoms with Crippen molar-refractivity contribution in [3.05, 3.63) is 36.6 Å². The van der Waals surface area contributed by atoms with E-state index in [0.29, 0.717) is 5.70 Å². The average molecular weight is 187 g/mol. The molecule has 0 radical (unpaired) electrons. The Morgan fingerprint density at radius 2 is 2.08 bits per heavy atom. The Kier molecular flexibility index (Phi) is 4.36. The van der Waals surface area contributed by atoms with Gasteiger partial charge in [0.1, 0.15) is 0 Å². The summed E-state index contributed by atoms with van der Waals surface area (Å²) in [6, 6.07) is 0. The Bertz CT molecular complexity index is 299. The molecule has 0 aliphatic carbocycles. The predicted octanol–water partition coefficient (Wildman–Crippen LogP) is 1.18. The summed E-state index contributed by atoms with van der Waals surface area (Å²) in [6.45, 7) is 5.27. The van der Waals surface area contributed by atoms with E-state index in [9.17, 15) is 8.42 Å². The molecular weight excluding hydrogens is 174 g/mol. The van der Waals surface area contributed by atoms with Crippen LogP contribution in [0.25, 0.3) is 0 Å². The zero-order valence-corrected chi connectivity index (χ0v) is 8.06. The largest absolute Gasteiger partial charge is 0.284 e. The standard InChI is InChI=1S/C8H13NO2S/c1-4-6-8(7-5-2)9-12(3,10)11/h4-7,9H,1H2,2-3H3/b7-5-,8-6+. The predicted molar refractivity (Wildman–Crippen MR) is 51.1 cm³/mol. The summed E-state index contributed by atoms with van der Waals surface area (Å²) >= 11 is 0. The van der Waals surface area contributed by atoms with Gasteiger partial charge in [-0.05, 0) is 19.1 Å². The Morgan fingerprint density at radius 1 is 1.50 bits per heavy atom. The maximum atomic E-state index is 10.8. The summed E-state index contributed by atoms with van der Waals surface area (Å²) in [5.74, 6) is 0. The Hall–Kier alpha value is -1.03. The van der Waals surface area contributed by atoms with Gasteiger partial charge in [-0.1, -0.05) is 18.7 Å². The maximum Gasteiger partial charge on any atom is 0.229 e. The summed E-state index contributed by atoms with van der Waals surface area (Å²) in [7, 11) is -3.19. The van der Waals surface area contributed by atoms with Gasteiger partial charge in [-0.3, -0.25) is 4.72 Å². The van der Waals surface area contributed by atoms with Crippen molar-refractivity contribution >= 4 is 10.0 Å². The number of nitrogens with one attached hydrogen (secondary N) is 1. The third-order valence-corrected chi connectivity index (χ3v) is 1.55. The first-order chi connectivity index (χ1) is 5.49. The molecule has 0 saturated carbocycles. The molecule has 4 heteroatoms. The second kappa shape index (κ2) is 4.77. The van der Waals surface area contributed by atoms with E-state index in [4.69, 9.17) is 0 Å². The van der Waals surface area contributed by atoms with Crippen molar-refractivity contribution < 1.29 is 8.42 Å². The van der Waals surface area contributed by atoms with Crippen LogP contribution in [0.15, 0.2) is 36.6 Å². The summed E-state index contributed by atoms with van der Waals surface area (Å²) in [4.78, 5) is 0. The van der Waals surface area contributed by atoms with E-state index < -0.39 is 10.0 Å². The molecule has 0 saturated heterocycles. The molecule has 0 aliphatic heterocycles. The smallest absolute Gasteiger partial charge is 0.229 e. The van der Waals surface area contributed by atoms with Gasteiger partial charge in [0.25, 0.3) is 0 Å².